The summed E-state index contributed by atoms with van der Waals surface area (Å²) < 4.78 is 1.06. The molecule has 4 heteroatoms. The molecule has 2 aromatic rings. The standard InChI is InChI=1S/C11H8BrN3/c12-8-2-1-6-3-7-5-14-11(13)15-10(7)9(6)4-8/h1-2,4-5H,3H2,(H2,13,14,15). The van der Waals surface area contributed by atoms with Gasteiger partial charge in [-0.3, -0.25) is 0 Å². The lowest BCUT2D eigenvalue weighted by atomic mass is 10.1. The minimum atomic E-state index is 0.335. The number of benzene rings is 1. The number of anilines is 1. The first-order valence-electron chi connectivity index (χ1n) is 4.64. The SMILES string of the molecule is Nc1ncc2c(n1)-c1cc(Br)ccc1C2. The Morgan fingerprint density at radius 2 is 2.13 bits per heavy atom. The molecule has 0 radical (unpaired) electrons. The molecule has 0 saturated carbocycles. The van der Waals surface area contributed by atoms with Crippen LogP contribution in [0.5, 0.6) is 0 Å². The summed E-state index contributed by atoms with van der Waals surface area (Å²) in [6, 6.07) is 6.23. The van der Waals surface area contributed by atoms with Crippen molar-refractivity contribution < 1.29 is 0 Å². The van der Waals surface area contributed by atoms with Gasteiger partial charge in [0.25, 0.3) is 0 Å². The number of aromatic nitrogens is 2. The Balaban J connectivity index is 2.28. The van der Waals surface area contributed by atoms with Crippen molar-refractivity contribution in [3.8, 4) is 11.3 Å². The van der Waals surface area contributed by atoms with Gasteiger partial charge in [-0.15, -0.1) is 0 Å². The van der Waals surface area contributed by atoms with Crippen molar-refractivity contribution in [3.63, 3.8) is 0 Å². The van der Waals surface area contributed by atoms with Crippen molar-refractivity contribution in [2.75, 3.05) is 5.73 Å². The van der Waals surface area contributed by atoms with Crippen LogP contribution in [0.1, 0.15) is 11.1 Å². The van der Waals surface area contributed by atoms with Crippen LogP contribution >= 0.6 is 15.9 Å². The van der Waals surface area contributed by atoms with E-state index in [1.165, 1.54) is 5.56 Å². The van der Waals surface area contributed by atoms with Crippen LogP contribution in [0.2, 0.25) is 0 Å². The summed E-state index contributed by atoms with van der Waals surface area (Å²) in [4.78, 5) is 8.29. The van der Waals surface area contributed by atoms with Crippen LogP contribution < -0.4 is 5.73 Å². The molecule has 0 bridgehead atoms. The Hall–Kier alpha value is -1.42. The highest BCUT2D eigenvalue weighted by Crippen LogP contribution is 2.36. The molecular formula is C11H8BrN3. The van der Waals surface area contributed by atoms with Crippen molar-refractivity contribution in [1.29, 1.82) is 0 Å². The van der Waals surface area contributed by atoms with E-state index in [-0.39, 0.29) is 0 Å². The summed E-state index contributed by atoms with van der Waals surface area (Å²) in [5.41, 5.74) is 10.2. The molecule has 0 aliphatic heterocycles. The number of halogens is 1. The van der Waals surface area contributed by atoms with E-state index in [1.54, 1.807) is 0 Å². The molecule has 1 aliphatic rings. The second kappa shape index (κ2) is 3.03. The zero-order chi connectivity index (χ0) is 10.4. The normalized spacial score (nSPS) is 12.3. The summed E-state index contributed by atoms with van der Waals surface area (Å²) >= 11 is 3.46. The van der Waals surface area contributed by atoms with E-state index >= 15 is 0 Å². The van der Waals surface area contributed by atoms with Gasteiger partial charge in [0.05, 0.1) is 5.69 Å². The first kappa shape index (κ1) is 8.85. The van der Waals surface area contributed by atoms with Crippen molar-refractivity contribution in [1.82, 2.24) is 9.97 Å². The number of nitrogens with two attached hydrogens (primary N) is 1. The smallest absolute Gasteiger partial charge is 0.220 e. The zero-order valence-electron chi connectivity index (χ0n) is 7.87. The molecule has 1 aromatic carbocycles. The van der Waals surface area contributed by atoms with Crippen molar-refractivity contribution in [3.05, 3.63) is 40.0 Å². The Labute approximate surface area is 95.5 Å². The highest BCUT2D eigenvalue weighted by molar-refractivity contribution is 9.10. The van der Waals surface area contributed by atoms with Crippen LogP contribution in [0.25, 0.3) is 11.3 Å². The van der Waals surface area contributed by atoms with Crippen LogP contribution in [0, 0.1) is 0 Å². The maximum Gasteiger partial charge on any atom is 0.220 e. The monoisotopic (exact) mass is 261 g/mol. The van der Waals surface area contributed by atoms with E-state index in [0.717, 1.165) is 27.7 Å². The molecule has 0 amide bonds. The molecular weight excluding hydrogens is 254 g/mol. The highest BCUT2D eigenvalue weighted by atomic mass is 79.9. The van der Waals surface area contributed by atoms with Crippen LogP contribution in [0.15, 0.2) is 28.9 Å². The topological polar surface area (TPSA) is 51.8 Å². The molecule has 0 fully saturated rings. The van der Waals surface area contributed by atoms with E-state index in [1.807, 2.05) is 12.3 Å². The van der Waals surface area contributed by atoms with Gasteiger partial charge in [-0.05, 0) is 17.7 Å². The Bertz CT molecular complexity index is 502. The molecule has 2 N–H and O–H groups in total. The minimum absolute atomic E-state index is 0.335. The molecule has 1 heterocycles. The van der Waals surface area contributed by atoms with Gasteiger partial charge in [0.1, 0.15) is 0 Å². The van der Waals surface area contributed by atoms with Gasteiger partial charge in [0, 0.05) is 28.2 Å². The van der Waals surface area contributed by atoms with E-state index < -0.39 is 0 Å². The average Bonchev–Trinajstić information content (AvgIpc) is 2.56. The minimum Gasteiger partial charge on any atom is -0.368 e. The second-order valence-electron chi connectivity index (χ2n) is 3.58. The van der Waals surface area contributed by atoms with Crippen LogP contribution in [0.4, 0.5) is 5.95 Å². The van der Waals surface area contributed by atoms with E-state index in [9.17, 15) is 0 Å². The molecule has 1 aromatic heterocycles. The molecule has 0 spiro atoms. The third-order valence-electron chi connectivity index (χ3n) is 2.59. The molecule has 74 valence electrons. The largest absolute Gasteiger partial charge is 0.368 e. The van der Waals surface area contributed by atoms with E-state index in [4.69, 9.17) is 5.73 Å². The predicted octanol–water partition coefficient (Wildman–Crippen LogP) is 2.39. The van der Waals surface area contributed by atoms with Crippen molar-refractivity contribution >= 4 is 21.9 Å². The summed E-state index contributed by atoms with van der Waals surface area (Å²) in [6.45, 7) is 0. The molecule has 0 saturated heterocycles. The molecule has 15 heavy (non-hydrogen) atoms. The number of hydrogen-bond acceptors (Lipinski definition) is 3. The first-order chi connectivity index (χ1) is 7.24. The maximum absolute atomic E-state index is 5.59. The fourth-order valence-electron chi connectivity index (χ4n) is 1.91. The van der Waals surface area contributed by atoms with Crippen LogP contribution in [-0.2, 0) is 6.42 Å². The fourth-order valence-corrected chi connectivity index (χ4v) is 2.27. The second-order valence-corrected chi connectivity index (χ2v) is 4.50. The number of rotatable bonds is 0. The summed E-state index contributed by atoms with van der Waals surface area (Å²) in [5, 5.41) is 0. The third-order valence-corrected chi connectivity index (χ3v) is 3.08. The molecule has 0 atom stereocenters. The van der Waals surface area contributed by atoms with E-state index in [0.29, 0.717) is 5.95 Å². The lowest BCUT2D eigenvalue weighted by Gasteiger charge is -2.00. The average molecular weight is 262 g/mol. The Morgan fingerprint density at radius 3 is 3.00 bits per heavy atom. The van der Waals surface area contributed by atoms with Crippen LogP contribution in [-0.4, -0.2) is 9.97 Å². The van der Waals surface area contributed by atoms with E-state index in [2.05, 4.69) is 38.0 Å². The van der Waals surface area contributed by atoms with Gasteiger partial charge in [0.2, 0.25) is 5.95 Å². The first-order valence-corrected chi connectivity index (χ1v) is 5.43. The zero-order valence-corrected chi connectivity index (χ0v) is 9.45. The lowest BCUT2D eigenvalue weighted by molar-refractivity contribution is 1.13. The Kier molecular flexibility index (Phi) is 1.79. The number of nitrogen functional groups attached to an aromatic ring is 1. The fraction of sp³-hybridized carbons (Fsp3) is 0.0909. The summed E-state index contributed by atoms with van der Waals surface area (Å²) in [5.74, 6) is 0.335. The number of fused-ring (bicyclic) bond motifs is 3. The van der Waals surface area contributed by atoms with Crippen molar-refractivity contribution in [2.45, 2.75) is 6.42 Å². The summed E-state index contributed by atoms with van der Waals surface area (Å²) in [7, 11) is 0. The predicted molar refractivity (Wildman–Crippen MR) is 62.4 cm³/mol. The summed E-state index contributed by atoms with van der Waals surface area (Å²) in [6.07, 6.45) is 2.71. The van der Waals surface area contributed by atoms with Crippen molar-refractivity contribution in [2.24, 2.45) is 0 Å². The van der Waals surface area contributed by atoms with Gasteiger partial charge < -0.3 is 5.73 Å². The Morgan fingerprint density at radius 1 is 1.27 bits per heavy atom. The molecule has 3 rings (SSSR count). The van der Waals surface area contributed by atoms with Gasteiger partial charge in [-0.2, -0.15) is 0 Å². The maximum atomic E-state index is 5.59. The number of nitrogens with zero attached hydrogens (tertiary/aromatic N) is 2. The highest BCUT2D eigenvalue weighted by Gasteiger charge is 2.20. The van der Waals surface area contributed by atoms with Gasteiger partial charge >= 0.3 is 0 Å². The van der Waals surface area contributed by atoms with Crippen LogP contribution in [0.3, 0.4) is 0 Å². The van der Waals surface area contributed by atoms with Gasteiger partial charge in [0.15, 0.2) is 0 Å². The van der Waals surface area contributed by atoms with Gasteiger partial charge in [-0.25, -0.2) is 9.97 Å². The quantitative estimate of drug-likeness (QED) is 0.676. The molecule has 1 aliphatic carbocycles. The molecule has 0 unspecified atom stereocenters. The molecule has 3 nitrogen and oxygen atoms in total. The third kappa shape index (κ3) is 1.33. The lowest BCUT2D eigenvalue weighted by Crippen LogP contribution is -1.96. The van der Waals surface area contributed by atoms with Gasteiger partial charge in [-0.1, -0.05) is 22.0 Å². The number of hydrogen-bond donors (Lipinski definition) is 1.